The summed E-state index contributed by atoms with van der Waals surface area (Å²) in [6.07, 6.45) is 3.29. The van der Waals surface area contributed by atoms with Crippen molar-refractivity contribution < 1.29 is 19.1 Å². The number of carbonyl (C=O) groups excluding carboxylic acids is 1. The average molecular weight is 366 g/mol. The molecule has 0 radical (unpaired) electrons. The number of aromatic nitrogens is 2. The van der Waals surface area contributed by atoms with Crippen molar-refractivity contribution in [2.24, 2.45) is 0 Å². The molecule has 6 nitrogen and oxygen atoms in total. The van der Waals surface area contributed by atoms with Crippen molar-refractivity contribution in [2.75, 3.05) is 13.1 Å². The van der Waals surface area contributed by atoms with Crippen LogP contribution in [0.2, 0.25) is 5.02 Å². The topological polar surface area (TPSA) is 75.4 Å². The Morgan fingerprint density at radius 1 is 1.36 bits per heavy atom. The van der Waals surface area contributed by atoms with Crippen LogP contribution in [0.25, 0.3) is 0 Å². The van der Waals surface area contributed by atoms with Crippen LogP contribution in [0.3, 0.4) is 0 Å². The van der Waals surface area contributed by atoms with Gasteiger partial charge in [0.05, 0.1) is 10.7 Å². The van der Waals surface area contributed by atoms with Gasteiger partial charge in [-0.1, -0.05) is 11.6 Å². The van der Waals surface area contributed by atoms with Crippen LogP contribution in [0.5, 0.6) is 0 Å². The molecule has 1 fully saturated rings. The van der Waals surface area contributed by atoms with Gasteiger partial charge < -0.3 is 10.0 Å². The average Bonchev–Trinajstić information content (AvgIpc) is 3.04. The number of carbonyl (C=O) groups is 2. The van der Waals surface area contributed by atoms with E-state index in [1.165, 1.54) is 16.8 Å². The van der Waals surface area contributed by atoms with E-state index in [1.54, 1.807) is 17.2 Å². The molecule has 0 spiro atoms. The molecule has 1 saturated heterocycles. The minimum Gasteiger partial charge on any atom is -0.480 e. The molecule has 1 aromatic heterocycles. The third kappa shape index (κ3) is 3.99. The molecular formula is C17H17ClFN3O3. The number of halogens is 2. The van der Waals surface area contributed by atoms with Crippen molar-refractivity contribution in [3.63, 3.8) is 0 Å². The monoisotopic (exact) mass is 365 g/mol. The molecule has 0 aliphatic carbocycles. The molecule has 1 aliphatic rings. The lowest BCUT2D eigenvalue weighted by molar-refractivity contribution is -0.137. The number of carboxylic acid groups (broad SMARTS) is 1. The number of nitrogens with zero attached hydrogens (tertiary/aromatic N) is 3. The van der Waals surface area contributed by atoms with Crippen LogP contribution in [0, 0.1) is 5.82 Å². The number of amides is 1. The van der Waals surface area contributed by atoms with Crippen molar-refractivity contribution in [3.05, 3.63) is 52.6 Å². The Balaban J connectivity index is 1.72. The molecule has 1 atom stereocenters. The molecular weight excluding hydrogens is 349 g/mol. The maximum atomic E-state index is 13.6. The van der Waals surface area contributed by atoms with Crippen LogP contribution < -0.4 is 0 Å². The lowest BCUT2D eigenvalue weighted by Crippen LogP contribution is -2.39. The summed E-state index contributed by atoms with van der Waals surface area (Å²) in [5.74, 6) is -1.79. The molecule has 2 aromatic rings. The second-order valence-corrected chi connectivity index (χ2v) is 6.46. The predicted molar refractivity (Wildman–Crippen MR) is 89.2 cm³/mol. The molecule has 2 heterocycles. The van der Waals surface area contributed by atoms with Crippen molar-refractivity contribution in [2.45, 2.75) is 25.3 Å². The predicted octanol–water partition coefficient (Wildman–Crippen LogP) is 2.78. The van der Waals surface area contributed by atoms with E-state index in [2.05, 4.69) is 5.10 Å². The smallest absolute Gasteiger partial charge is 0.325 e. The highest BCUT2D eigenvalue weighted by Gasteiger charge is 2.27. The molecule has 1 amide bonds. The van der Waals surface area contributed by atoms with Crippen molar-refractivity contribution >= 4 is 23.5 Å². The summed E-state index contributed by atoms with van der Waals surface area (Å²) < 4.78 is 15.0. The Kier molecular flexibility index (Phi) is 5.03. The van der Waals surface area contributed by atoms with Gasteiger partial charge in [-0.15, -0.1) is 0 Å². The van der Waals surface area contributed by atoms with Crippen LogP contribution in [0.1, 0.15) is 34.8 Å². The van der Waals surface area contributed by atoms with E-state index in [4.69, 9.17) is 16.7 Å². The summed E-state index contributed by atoms with van der Waals surface area (Å²) in [4.78, 5) is 25.0. The SMILES string of the molecule is O=C(O)Cn1ccc([C@H]2CCCN(C(=O)c3ccc(Cl)c(F)c3)C2)n1. The first-order valence-electron chi connectivity index (χ1n) is 7.93. The molecule has 132 valence electrons. The van der Waals surface area contributed by atoms with Gasteiger partial charge in [-0.3, -0.25) is 14.3 Å². The van der Waals surface area contributed by atoms with Crippen LogP contribution >= 0.6 is 11.6 Å². The van der Waals surface area contributed by atoms with E-state index in [9.17, 15) is 14.0 Å². The Morgan fingerprint density at radius 3 is 2.88 bits per heavy atom. The summed E-state index contributed by atoms with van der Waals surface area (Å²) in [7, 11) is 0. The first-order valence-corrected chi connectivity index (χ1v) is 8.31. The summed E-state index contributed by atoms with van der Waals surface area (Å²) >= 11 is 5.66. The number of carboxylic acids is 1. The first-order chi connectivity index (χ1) is 11.9. The zero-order valence-electron chi connectivity index (χ0n) is 13.4. The van der Waals surface area contributed by atoms with Gasteiger partial charge in [0.15, 0.2) is 0 Å². The van der Waals surface area contributed by atoms with Gasteiger partial charge in [0, 0.05) is 30.8 Å². The molecule has 1 N–H and O–H groups in total. The van der Waals surface area contributed by atoms with Crippen molar-refractivity contribution in [3.8, 4) is 0 Å². The Labute approximate surface area is 148 Å². The molecule has 0 unspecified atom stereocenters. The number of piperidine rings is 1. The first kappa shape index (κ1) is 17.4. The Bertz CT molecular complexity index is 808. The molecule has 3 rings (SSSR count). The van der Waals surface area contributed by atoms with Crippen molar-refractivity contribution in [1.29, 1.82) is 0 Å². The third-order valence-corrected chi connectivity index (χ3v) is 4.56. The Hall–Kier alpha value is -2.41. The van der Waals surface area contributed by atoms with E-state index in [-0.39, 0.29) is 29.0 Å². The van der Waals surface area contributed by atoms with Crippen LogP contribution in [0.15, 0.2) is 30.5 Å². The maximum Gasteiger partial charge on any atom is 0.325 e. The van der Waals surface area contributed by atoms with Crippen molar-refractivity contribution in [1.82, 2.24) is 14.7 Å². The molecule has 25 heavy (non-hydrogen) atoms. The number of aliphatic carboxylic acids is 1. The van der Waals surface area contributed by atoms with Crippen LogP contribution in [-0.4, -0.2) is 44.8 Å². The highest BCUT2D eigenvalue weighted by molar-refractivity contribution is 6.30. The number of likely N-dealkylation sites (tertiary alicyclic amines) is 1. The molecule has 8 heteroatoms. The Morgan fingerprint density at radius 2 is 2.16 bits per heavy atom. The lowest BCUT2D eigenvalue weighted by atomic mass is 9.94. The molecule has 0 saturated carbocycles. The second kappa shape index (κ2) is 7.23. The fourth-order valence-electron chi connectivity index (χ4n) is 3.04. The van der Waals surface area contributed by atoms with Gasteiger partial charge in [0.1, 0.15) is 12.4 Å². The van der Waals surface area contributed by atoms with Gasteiger partial charge in [-0.2, -0.15) is 5.10 Å². The number of benzene rings is 1. The standard InChI is InChI=1S/C17H17ClFN3O3/c18-13-4-3-11(8-14(13)19)17(25)21-6-1-2-12(9-21)15-5-7-22(20-15)10-16(23)24/h3-5,7-8,12H,1-2,6,9-10H2,(H,23,24)/t12-/m0/s1. The summed E-state index contributed by atoms with van der Waals surface area (Å²) in [6.45, 7) is 0.863. The normalized spacial score (nSPS) is 17.5. The summed E-state index contributed by atoms with van der Waals surface area (Å²) in [6, 6.07) is 5.82. The third-order valence-electron chi connectivity index (χ3n) is 4.25. The number of hydrogen-bond donors (Lipinski definition) is 1. The van der Waals surface area contributed by atoms with Gasteiger partial charge in [-0.25, -0.2) is 4.39 Å². The van der Waals surface area contributed by atoms with Crippen LogP contribution in [0.4, 0.5) is 4.39 Å². The van der Waals surface area contributed by atoms with Gasteiger partial charge >= 0.3 is 5.97 Å². The largest absolute Gasteiger partial charge is 0.480 e. The van der Waals surface area contributed by atoms with Gasteiger partial charge in [0.25, 0.3) is 5.91 Å². The minimum absolute atomic E-state index is 0.0166. The second-order valence-electron chi connectivity index (χ2n) is 6.05. The zero-order chi connectivity index (χ0) is 18.0. The van der Waals surface area contributed by atoms with E-state index in [1.807, 2.05) is 0 Å². The maximum absolute atomic E-state index is 13.6. The van der Waals surface area contributed by atoms with E-state index in [0.717, 1.165) is 24.6 Å². The summed E-state index contributed by atoms with van der Waals surface area (Å²) in [5, 5.41) is 13.1. The summed E-state index contributed by atoms with van der Waals surface area (Å²) in [5.41, 5.74) is 1.03. The highest BCUT2D eigenvalue weighted by Crippen LogP contribution is 2.27. The van der Waals surface area contributed by atoms with E-state index < -0.39 is 11.8 Å². The number of hydrogen-bond acceptors (Lipinski definition) is 3. The molecule has 1 aliphatic heterocycles. The molecule has 0 bridgehead atoms. The van der Waals surface area contributed by atoms with E-state index in [0.29, 0.717) is 13.1 Å². The highest BCUT2D eigenvalue weighted by atomic mass is 35.5. The van der Waals surface area contributed by atoms with Gasteiger partial charge in [0.2, 0.25) is 0 Å². The minimum atomic E-state index is -0.958. The number of rotatable bonds is 4. The molecule has 1 aromatic carbocycles. The van der Waals surface area contributed by atoms with E-state index >= 15 is 0 Å². The van der Waals surface area contributed by atoms with Gasteiger partial charge in [-0.05, 0) is 37.1 Å². The zero-order valence-corrected chi connectivity index (χ0v) is 14.1. The van der Waals surface area contributed by atoms with Crippen LogP contribution in [-0.2, 0) is 11.3 Å². The fraction of sp³-hybridized carbons (Fsp3) is 0.353. The fourth-order valence-corrected chi connectivity index (χ4v) is 3.15. The quantitative estimate of drug-likeness (QED) is 0.904. The lowest BCUT2D eigenvalue weighted by Gasteiger charge is -2.32.